The van der Waals surface area contributed by atoms with E-state index in [2.05, 4.69) is 26.0 Å². The van der Waals surface area contributed by atoms with E-state index in [0.717, 1.165) is 11.6 Å². The summed E-state index contributed by atoms with van der Waals surface area (Å²) >= 11 is 3.27. The SMILES string of the molecule is COC(=O)[C@](C)(O)CNC(=O)c1ccc(Br)cc1OC. The molecule has 0 bridgehead atoms. The Morgan fingerprint density at radius 3 is 2.60 bits per heavy atom. The molecule has 0 fully saturated rings. The summed E-state index contributed by atoms with van der Waals surface area (Å²) in [5.74, 6) is -0.895. The van der Waals surface area contributed by atoms with Crippen LogP contribution in [0.15, 0.2) is 22.7 Å². The van der Waals surface area contributed by atoms with Crippen LogP contribution in [0.25, 0.3) is 0 Å². The van der Waals surface area contributed by atoms with Crippen LogP contribution in [0.5, 0.6) is 5.75 Å². The van der Waals surface area contributed by atoms with Crippen molar-refractivity contribution < 1.29 is 24.2 Å². The van der Waals surface area contributed by atoms with E-state index in [1.807, 2.05) is 0 Å². The molecule has 2 N–H and O–H groups in total. The zero-order valence-electron chi connectivity index (χ0n) is 11.4. The molecule has 20 heavy (non-hydrogen) atoms. The molecule has 1 aromatic carbocycles. The van der Waals surface area contributed by atoms with E-state index in [1.165, 1.54) is 14.0 Å². The van der Waals surface area contributed by atoms with Crippen molar-refractivity contribution >= 4 is 27.8 Å². The summed E-state index contributed by atoms with van der Waals surface area (Å²) in [6, 6.07) is 4.91. The lowest BCUT2D eigenvalue weighted by atomic mass is 10.1. The zero-order valence-corrected chi connectivity index (χ0v) is 13.0. The summed E-state index contributed by atoms with van der Waals surface area (Å²) in [5, 5.41) is 12.3. The van der Waals surface area contributed by atoms with E-state index >= 15 is 0 Å². The Morgan fingerprint density at radius 2 is 2.05 bits per heavy atom. The van der Waals surface area contributed by atoms with Crippen LogP contribution in [0.3, 0.4) is 0 Å². The Bertz CT molecular complexity index is 515. The van der Waals surface area contributed by atoms with Gasteiger partial charge in [0.2, 0.25) is 0 Å². The molecular weight excluding hydrogens is 330 g/mol. The van der Waals surface area contributed by atoms with Crippen molar-refractivity contribution in [1.82, 2.24) is 5.32 Å². The molecule has 0 saturated carbocycles. The van der Waals surface area contributed by atoms with E-state index in [9.17, 15) is 14.7 Å². The van der Waals surface area contributed by atoms with Crippen LogP contribution in [0.1, 0.15) is 17.3 Å². The highest BCUT2D eigenvalue weighted by Crippen LogP contribution is 2.23. The standard InChI is InChI=1S/C13H16BrNO5/c1-13(18,12(17)20-3)7-15-11(16)9-5-4-8(14)6-10(9)19-2/h4-6,18H,7H2,1-3H3,(H,15,16)/t13-/m1/s1. The highest BCUT2D eigenvalue weighted by atomic mass is 79.9. The van der Waals surface area contributed by atoms with Crippen molar-refractivity contribution in [3.63, 3.8) is 0 Å². The molecule has 0 saturated heterocycles. The van der Waals surface area contributed by atoms with Gasteiger partial charge in [0.25, 0.3) is 5.91 Å². The molecule has 0 heterocycles. The van der Waals surface area contributed by atoms with Crippen LogP contribution in [0, 0.1) is 0 Å². The number of amides is 1. The average molecular weight is 346 g/mol. The van der Waals surface area contributed by atoms with Gasteiger partial charge in [0.05, 0.1) is 26.3 Å². The van der Waals surface area contributed by atoms with E-state index in [1.54, 1.807) is 18.2 Å². The topological polar surface area (TPSA) is 84.9 Å². The number of benzene rings is 1. The van der Waals surface area contributed by atoms with Gasteiger partial charge in [-0.2, -0.15) is 0 Å². The Morgan fingerprint density at radius 1 is 1.40 bits per heavy atom. The molecule has 1 atom stereocenters. The lowest BCUT2D eigenvalue weighted by molar-refractivity contribution is -0.159. The monoisotopic (exact) mass is 345 g/mol. The molecule has 0 spiro atoms. The molecule has 110 valence electrons. The molecule has 1 amide bonds. The Balaban J connectivity index is 2.80. The Hall–Kier alpha value is -1.60. The van der Waals surface area contributed by atoms with Crippen molar-refractivity contribution in [3.05, 3.63) is 28.2 Å². The molecule has 0 aromatic heterocycles. The number of esters is 1. The minimum Gasteiger partial charge on any atom is -0.496 e. The van der Waals surface area contributed by atoms with E-state index in [0.29, 0.717) is 11.3 Å². The Labute approximate surface area is 125 Å². The second-order valence-corrected chi connectivity index (χ2v) is 5.21. The molecule has 0 radical (unpaired) electrons. The van der Waals surface area contributed by atoms with Crippen molar-refractivity contribution in [1.29, 1.82) is 0 Å². The number of rotatable bonds is 5. The van der Waals surface area contributed by atoms with Crippen molar-refractivity contribution in [2.75, 3.05) is 20.8 Å². The maximum atomic E-state index is 12.0. The van der Waals surface area contributed by atoms with E-state index in [-0.39, 0.29) is 6.54 Å². The number of halogens is 1. The van der Waals surface area contributed by atoms with Gasteiger partial charge in [-0.1, -0.05) is 15.9 Å². The van der Waals surface area contributed by atoms with E-state index in [4.69, 9.17) is 4.74 Å². The first-order valence-electron chi connectivity index (χ1n) is 5.74. The minimum absolute atomic E-state index is 0.266. The largest absolute Gasteiger partial charge is 0.496 e. The fourth-order valence-electron chi connectivity index (χ4n) is 1.49. The van der Waals surface area contributed by atoms with Crippen LogP contribution in [0.4, 0.5) is 0 Å². The summed E-state index contributed by atoms with van der Waals surface area (Å²) < 4.78 is 10.3. The number of methoxy groups -OCH3 is 2. The highest BCUT2D eigenvalue weighted by Gasteiger charge is 2.32. The first kappa shape index (κ1) is 16.5. The summed E-state index contributed by atoms with van der Waals surface area (Å²) in [7, 11) is 2.61. The van der Waals surface area contributed by atoms with Crippen LogP contribution in [-0.2, 0) is 9.53 Å². The predicted octanol–water partition coefficient (Wildman–Crippen LogP) is 1.11. The number of ether oxygens (including phenoxy) is 2. The fraction of sp³-hybridized carbons (Fsp3) is 0.385. The number of hydrogen-bond acceptors (Lipinski definition) is 5. The maximum Gasteiger partial charge on any atom is 0.339 e. The van der Waals surface area contributed by atoms with Crippen LogP contribution in [0.2, 0.25) is 0 Å². The second-order valence-electron chi connectivity index (χ2n) is 4.29. The normalized spacial score (nSPS) is 13.2. The highest BCUT2D eigenvalue weighted by molar-refractivity contribution is 9.10. The maximum absolute atomic E-state index is 12.0. The third-order valence-electron chi connectivity index (χ3n) is 2.63. The van der Waals surface area contributed by atoms with Crippen LogP contribution < -0.4 is 10.1 Å². The van der Waals surface area contributed by atoms with Gasteiger partial charge in [0.1, 0.15) is 5.75 Å². The number of hydrogen-bond donors (Lipinski definition) is 2. The van der Waals surface area contributed by atoms with Gasteiger partial charge in [-0.15, -0.1) is 0 Å². The van der Waals surface area contributed by atoms with Crippen molar-refractivity contribution in [3.8, 4) is 5.75 Å². The number of carbonyl (C=O) groups is 2. The first-order valence-corrected chi connectivity index (χ1v) is 6.53. The van der Waals surface area contributed by atoms with Gasteiger partial charge in [-0.05, 0) is 25.1 Å². The molecule has 0 unspecified atom stereocenters. The Kier molecular flexibility index (Phi) is 5.52. The third kappa shape index (κ3) is 3.94. The minimum atomic E-state index is -1.78. The van der Waals surface area contributed by atoms with Gasteiger partial charge in [-0.25, -0.2) is 4.79 Å². The van der Waals surface area contributed by atoms with Crippen LogP contribution >= 0.6 is 15.9 Å². The smallest absolute Gasteiger partial charge is 0.339 e. The summed E-state index contributed by atoms with van der Waals surface area (Å²) in [5.41, 5.74) is -1.48. The zero-order chi connectivity index (χ0) is 15.3. The summed E-state index contributed by atoms with van der Waals surface area (Å²) in [6.07, 6.45) is 0. The molecule has 7 heteroatoms. The molecule has 1 aromatic rings. The third-order valence-corrected chi connectivity index (χ3v) is 3.12. The summed E-state index contributed by atoms with van der Waals surface area (Å²) in [4.78, 5) is 23.3. The summed E-state index contributed by atoms with van der Waals surface area (Å²) in [6.45, 7) is 0.996. The molecule has 6 nitrogen and oxygen atoms in total. The van der Waals surface area contributed by atoms with Gasteiger partial charge in [0.15, 0.2) is 5.60 Å². The van der Waals surface area contributed by atoms with Gasteiger partial charge in [0, 0.05) is 4.47 Å². The van der Waals surface area contributed by atoms with Crippen molar-refractivity contribution in [2.24, 2.45) is 0 Å². The fourth-order valence-corrected chi connectivity index (χ4v) is 1.83. The molecular formula is C13H16BrNO5. The number of carbonyl (C=O) groups excluding carboxylic acids is 2. The second kappa shape index (κ2) is 6.71. The predicted molar refractivity (Wildman–Crippen MR) is 75.7 cm³/mol. The van der Waals surface area contributed by atoms with E-state index < -0.39 is 17.5 Å². The number of nitrogens with one attached hydrogen (secondary N) is 1. The quantitative estimate of drug-likeness (QED) is 0.781. The van der Waals surface area contributed by atoms with Crippen molar-refractivity contribution in [2.45, 2.75) is 12.5 Å². The van der Waals surface area contributed by atoms with Gasteiger partial charge in [-0.3, -0.25) is 4.79 Å². The molecule has 0 aliphatic rings. The van der Waals surface area contributed by atoms with Crippen LogP contribution in [-0.4, -0.2) is 43.3 Å². The molecule has 0 aliphatic carbocycles. The lowest BCUT2D eigenvalue weighted by Crippen LogP contribution is -2.47. The molecule has 1 rings (SSSR count). The van der Waals surface area contributed by atoms with Gasteiger partial charge < -0.3 is 19.9 Å². The first-order chi connectivity index (χ1) is 9.31. The molecule has 0 aliphatic heterocycles. The lowest BCUT2D eigenvalue weighted by Gasteiger charge is -2.20. The average Bonchev–Trinajstić information content (AvgIpc) is 2.43. The van der Waals surface area contributed by atoms with Gasteiger partial charge >= 0.3 is 5.97 Å². The number of aliphatic hydroxyl groups is 1.